The topological polar surface area (TPSA) is 89.5 Å². The summed E-state index contributed by atoms with van der Waals surface area (Å²) in [5, 5.41) is 14.1. The predicted octanol–water partition coefficient (Wildman–Crippen LogP) is 3.13. The Morgan fingerprint density at radius 3 is 2.50 bits per heavy atom. The molecule has 7 nitrogen and oxygen atoms in total. The Balaban J connectivity index is 1.93. The summed E-state index contributed by atoms with van der Waals surface area (Å²) >= 11 is 0. The second-order valence-corrected chi connectivity index (χ2v) is 6.91. The minimum absolute atomic E-state index is 0.265. The van der Waals surface area contributed by atoms with Gasteiger partial charge in [-0.15, -0.1) is 0 Å². The number of halogens is 1. The van der Waals surface area contributed by atoms with Gasteiger partial charge in [0.2, 0.25) is 0 Å². The van der Waals surface area contributed by atoms with Crippen molar-refractivity contribution in [2.75, 3.05) is 0 Å². The van der Waals surface area contributed by atoms with Gasteiger partial charge in [-0.1, -0.05) is 26.0 Å². The van der Waals surface area contributed by atoms with Crippen molar-refractivity contribution in [1.82, 2.24) is 19.2 Å². The number of fused-ring (bicyclic) bond motifs is 3. The van der Waals surface area contributed by atoms with Gasteiger partial charge in [0.25, 0.3) is 5.56 Å². The molecule has 0 saturated heterocycles. The van der Waals surface area contributed by atoms with Gasteiger partial charge in [-0.3, -0.25) is 4.79 Å². The minimum atomic E-state index is -1.07. The van der Waals surface area contributed by atoms with Crippen molar-refractivity contribution in [2.24, 2.45) is 5.92 Å². The van der Waals surface area contributed by atoms with Gasteiger partial charge in [0.05, 0.1) is 17.1 Å². The third-order valence-electron chi connectivity index (χ3n) is 4.76. The predicted molar refractivity (Wildman–Crippen MR) is 102 cm³/mol. The summed E-state index contributed by atoms with van der Waals surface area (Å²) in [6.45, 7) is 3.50. The number of hydrogen-bond acceptors (Lipinski definition) is 4. The van der Waals surface area contributed by atoms with Crippen LogP contribution in [0.15, 0.2) is 53.7 Å². The molecule has 0 bridgehead atoms. The Morgan fingerprint density at radius 1 is 1.14 bits per heavy atom. The lowest BCUT2D eigenvalue weighted by Gasteiger charge is -2.19. The normalized spacial score (nSPS) is 12.7. The molecule has 0 aliphatic heterocycles. The first-order valence-corrected chi connectivity index (χ1v) is 8.75. The van der Waals surface area contributed by atoms with Crippen LogP contribution in [0.1, 0.15) is 19.9 Å². The number of aromatic nitrogens is 4. The molecule has 0 radical (unpaired) electrons. The number of benzene rings is 1. The second-order valence-electron chi connectivity index (χ2n) is 6.91. The number of carboxylic acid groups (broad SMARTS) is 1. The third-order valence-corrected chi connectivity index (χ3v) is 4.76. The fourth-order valence-corrected chi connectivity index (χ4v) is 3.41. The lowest BCUT2D eigenvalue weighted by atomic mass is 10.0. The van der Waals surface area contributed by atoms with Crippen LogP contribution in [0.5, 0.6) is 0 Å². The van der Waals surface area contributed by atoms with E-state index < -0.39 is 17.6 Å². The maximum absolute atomic E-state index is 13.2. The quantitative estimate of drug-likeness (QED) is 0.587. The van der Waals surface area contributed by atoms with E-state index in [0.29, 0.717) is 16.7 Å². The molecule has 4 aromatic rings. The largest absolute Gasteiger partial charge is 0.480 e. The van der Waals surface area contributed by atoms with Gasteiger partial charge in [-0.05, 0) is 29.7 Å². The van der Waals surface area contributed by atoms with E-state index in [1.807, 2.05) is 0 Å². The molecule has 0 amide bonds. The highest BCUT2D eigenvalue weighted by atomic mass is 19.1. The molecule has 0 fully saturated rings. The number of carbonyl (C=O) groups is 1. The summed E-state index contributed by atoms with van der Waals surface area (Å²) in [7, 11) is 0. The lowest BCUT2D eigenvalue weighted by molar-refractivity contribution is -0.142. The summed E-state index contributed by atoms with van der Waals surface area (Å²) in [4.78, 5) is 28.9. The van der Waals surface area contributed by atoms with Gasteiger partial charge in [-0.25, -0.2) is 18.7 Å². The van der Waals surface area contributed by atoms with Crippen molar-refractivity contribution in [3.63, 3.8) is 0 Å². The number of hydrogen-bond donors (Lipinski definition) is 1. The van der Waals surface area contributed by atoms with E-state index in [4.69, 9.17) is 0 Å². The van der Waals surface area contributed by atoms with Crippen LogP contribution in [0.25, 0.3) is 27.7 Å². The maximum atomic E-state index is 13.2. The molecule has 3 aromatic heterocycles. The smallest absolute Gasteiger partial charge is 0.327 e. The van der Waals surface area contributed by atoms with Crippen molar-refractivity contribution in [3.8, 4) is 11.1 Å². The van der Waals surface area contributed by atoms with Crippen molar-refractivity contribution < 1.29 is 14.3 Å². The Labute approximate surface area is 158 Å². The van der Waals surface area contributed by atoms with Crippen LogP contribution in [0.4, 0.5) is 4.39 Å². The van der Waals surface area contributed by atoms with E-state index in [0.717, 1.165) is 5.56 Å². The molecule has 1 N–H and O–H groups in total. The van der Waals surface area contributed by atoms with E-state index in [1.165, 1.54) is 33.6 Å². The Kier molecular flexibility index (Phi) is 4.18. The van der Waals surface area contributed by atoms with Crippen LogP contribution in [0.2, 0.25) is 0 Å². The minimum Gasteiger partial charge on any atom is -0.480 e. The molecule has 1 aromatic carbocycles. The van der Waals surface area contributed by atoms with Crippen LogP contribution in [0, 0.1) is 11.7 Å². The zero-order valence-electron chi connectivity index (χ0n) is 15.2. The highest BCUT2D eigenvalue weighted by Gasteiger charge is 2.25. The Hall–Kier alpha value is -3.55. The number of aliphatic carboxylic acids is 1. The number of carboxylic acids is 1. The zero-order chi connectivity index (χ0) is 20.0. The number of rotatable bonds is 4. The fourth-order valence-electron chi connectivity index (χ4n) is 3.41. The van der Waals surface area contributed by atoms with E-state index in [-0.39, 0.29) is 17.1 Å². The molecule has 0 unspecified atom stereocenters. The Bertz CT molecular complexity index is 1260. The molecular weight excluding hydrogens is 363 g/mol. The standard InChI is InChI=1S/C20H17FN4O3/c1-11(2)17(20(27)28)24-8-7-16-15(19(24)26)9-22-18-14(10-23-25(16)18)12-3-5-13(21)6-4-12/h3-11,17H,1-2H3,(H,27,28)/t17-/m0/s1. The van der Waals surface area contributed by atoms with Gasteiger partial charge in [0.15, 0.2) is 5.65 Å². The summed E-state index contributed by atoms with van der Waals surface area (Å²) in [6, 6.07) is 6.67. The van der Waals surface area contributed by atoms with Crippen molar-refractivity contribution >= 4 is 22.5 Å². The maximum Gasteiger partial charge on any atom is 0.327 e. The molecule has 4 rings (SSSR count). The van der Waals surface area contributed by atoms with E-state index in [1.54, 1.807) is 38.2 Å². The van der Waals surface area contributed by atoms with E-state index >= 15 is 0 Å². The molecular formula is C20H17FN4O3. The molecule has 0 aliphatic carbocycles. The monoisotopic (exact) mass is 380 g/mol. The van der Waals surface area contributed by atoms with Crippen molar-refractivity contribution in [2.45, 2.75) is 19.9 Å². The summed E-state index contributed by atoms with van der Waals surface area (Å²) in [6.07, 6.45) is 4.51. The van der Waals surface area contributed by atoms with Crippen molar-refractivity contribution in [1.29, 1.82) is 0 Å². The van der Waals surface area contributed by atoms with Crippen LogP contribution < -0.4 is 5.56 Å². The second kappa shape index (κ2) is 6.56. The van der Waals surface area contributed by atoms with Crippen LogP contribution in [-0.4, -0.2) is 30.2 Å². The average Bonchev–Trinajstić information content (AvgIpc) is 3.08. The van der Waals surface area contributed by atoms with Gasteiger partial charge in [0.1, 0.15) is 11.9 Å². The van der Waals surface area contributed by atoms with Gasteiger partial charge in [-0.2, -0.15) is 5.10 Å². The van der Waals surface area contributed by atoms with E-state index in [9.17, 15) is 19.1 Å². The van der Waals surface area contributed by atoms with Crippen LogP contribution >= 0.6 is 0 Å². The summed E-state index contributed by atoms with van der Waals surface area (Å²) < 4.78 is 15.9. The van der Waals surface area contributed by atoms with Gasteiger partial charge in [0, 0.05) is 18.0 Å². The third kappa shape index (κ3) is 2.74. The number of pyridine rings is 1. The number of nitrogens with zero attached hydrogens (tertiary/aromatic N) is 4. The van der Waals surface area contributed by atoms with Gasteiger partial charge < -0.3 is 9.67 Å². The van der Waals surface area contributed by atoms with E-state index in [2.05, 4.69) is 10.1 Å². The molecule has 1 atom stereocenters. The van der Waals surface area contributed by atoms with Crippen LogP contribution in [-0.2, 0) is 4.79 Å². The highest BCUT2D eigenvalue weighted by Crippen LogP contribution is 2.25. The lowest BCUT2D eigenvalue weighted by Crippen LogP contribution is -2.33. The summed E-state index contributed by atoms with van der Waals surface area (Å²) in [5.41, 5.74) is 2.06. The zero-order valence-corrected chi connectivity index (χ0v) is 15.2. The molecule has 28 heavy (non-hydrogen) atoms. The molecule has 0 spiro atoms. The molecule has 142 valence electrons. The average molecular weight is 380 g/mol. The van der Waals surface area contributed by atoms with Crippen LogP contribution in [0.3, 0.4) is 0 Å². The highest BCUT2D eigenvalue weighted by molar-refractivity contribution is 5.85. The molecule has 8 heteroatoms. The Morgan fingerprint density at radius 2 is 1.86 bits per heavy atom. The molecule has 3 heterocycles. The molecule has 0 aliphatic rings. The SMILES string of the molecule is CC(C)[C@@H](C(=O)O)n1ccc2c(cnc3c(-c4ccc(F)cc4)cnn32)c1=O. The van der Waals surface area contributed by atoms with Gasteiger partial charge >= 0.3 is 5.97 Å². The summed E-state index contributed by atoms with van der Waals surface area (Å²) in [5.74, 6) is -1.67. The first kappa shape index (κ1) is 17.8. The first-order valence-electron chi connectivity index (χ1n) is 8.75. The first-order chi connectivity index (χ1) is 13.4. The van der Waals surface area contributed by atoms with Crippen molar-refractivity contribution in [3.05, 3.63) is 65.1 Å². The molecule has 0 saturated carbocycles. The fraction of sp³-hybridized carbons (Fsp3) is 0.200.